The molecule has 19 heavy (non-hydrogen) atoms. The van der Waals surface area contributed by atoms with Gasteiger partial charge in [0.15, 0.2) is 0 Å². The molecule has 1 saturated heterocycles. The van der Waals surface area contributed by atoms with Crippen LogP contribution in [0.3, 0.4) is 0 Å². The first-order chi connectivity index (χ1) is 9.08. The summed E-state index contributed by atoms with van der Waals surface area (Å²) in [6.07, 6.45) is 1.09. The van der Waals surface area contributed by atoms with Gasteiger partial charge in [-0.25, -0.2) is 4.98 Å². The van der Waals surface area contributed by atoms with E-state index in [4.69, 9.17) is 0 Å². The number of aryl methyl sites for hydroxylation is 1. The van der Waals surface area contributed by atoms with E-state index in [9.17, 15) is 0 Å². The van der Waals surface area contributed by atoms with Gasteiger partial charge >= 0.3 is 0 Å². The lowest BCUT2D eigenvalue weighted by atomic mass is 10.2. The maximum Gasteiger partial charge on any atom is 0.227 e. The molecule has 0 spiro atoms. The highest BCUT2D eigenvalue weighted by Crippen LogP contribution is 2.16. The Bertz CT molecular complexity index is 412. The molecule has 1 N–H and O–H groups in total. The first-order valence-corrected chi connectivity index (χ1v) is 7.14. The molecule has 5 nitrogen and oxygen atoms in total. The molecule has 2 rings (SSSR count). The quantitative estimate of drug-likeness (QED) is 0.896. The topological polar surface area (TPSA) is 44.3 Å². The SMILES string of the molecule is CCC(C)Nc1cc(C)nc(N2CCN(C)CC2)n1. The van der Waals surface area contributed by atoms with Crippen LogP contribution in [-0.2, 0) is 0 Å². The van der Waals surface area contributed by atoms with Gasteiger partial charge in [-0.05, 0) is 27.3 Å². The summed E-state index contributed by atoms with van der Waals surface area (Å²) in [6, 6.07) is 2.46. The molecule has 0 bridgehead atoms. The number of hydrogen-bond acceptors (Lipinski definition) is 5. The largest absolute Gasteiger partial charge is 0.367 e. The number of nitrogens with one attached hydrogen (secondary N) is 1. The van der Waals surface area contributed by atoms with Crippen molar-refractivity contribution in [2.45, 2.75) is 33.2 Å². The highest BCUT2D eigenvalue weighted by Gasteiger charge is 2.17. The average Bonchev–Trinajstić information content (AvgIpc) is 2.38. The third-order valence-electron chi connectivity index (χ3n) is 3.64. The molecule has 1 aliphatic heterocycles. The van der Waals surface area contributed by atoms with Crippen molar-refractivity contribution < 1.29 is 0 Å². The predicted octanol–water partition coefficient (Wildman–Crippen LogP) is 1.75. The van der Waals surface area contributed by atoms with Crippen LogP contribution in [-0.4, -0.2) is 54.1 Å². The minimum absolute atomic E-state index is 0.439. The average molecular weight is 263 g/mol. The smallest absolute Gasteiger partial charge is 0.227 e. The Morgan fingerprint density at radius 1 is 1.26 bits per heavy atom. The summed E-state index contributed by atoms with van der Waals surface area (Å²) in [5.41, 5.74) is 1.02. The summed E-state index contributed by atoms with van der Waals surface area (Å²) >= 11 is 0. The maximum absolute atomic E-state index is 4.66. The molecule has 1 aromatic heterocycles. The van der Waals surface area contributed by atoms with E-state index in [1.807, 2.05) is 13.0 Å². The number of rotatable bonds is 4. The Morgan fingerprint density at radius 2 is 1.95 bits per heavy atom. The van der Waals surface area contributed by atoms with Crippen molar-refractivity contribution in [3.8, 4) is 0 Å². The fraction of sp³-hybridized carbons (Fsp3) is 0.714. The van der Waals surface area contributed by atoms with Crippen LogP contribution in [0.1, 0.15) is 26.0 Å². The van der Waals surface area contributed by atoms with Crippen LogP contribution < -0.4 is 10.2 Å². The van der Waals surface area contributed by atoms with Crippen molar-refractivity contribution in [2.75, 3.05) is 43.4 Å². The highest BCUT2D eigenvalue weighted by atomic mass is 15.3. The van der Waals surface area contributed by atoms with Gasteiger partial charge in [-0.3, -0.25) is 0 Å². The van der Waals surface area contributed by atoms with Gasteiger partial charge in [0, 0.05) is 44.0 Å². The molecule has 0 saturated carbocycles. The third-order valence-corrected chi connectivity index (χ3v) is 3.64. The van der Waals surface area contributed by atoms with Gasteiger partial charge in [0.25, 0.3) is 0 Å². The lowest BCUT2D eigenvalue weighted by Crippen LogP contribution is -2.45. The van der Waals surface area contributed by atoms with E-state index >= 15 is 0 Å². The molecule has 1 aliphatic rings. The van der Waals surface area contributed by atoms with Crippen molar-refractivity contribution in [1.82, 2.24) is 14.9 Å². The molecule has 5 heteroatoms. The fourth-order valence-electron chi connectivity index (χ4n) is 2.13. The Morgan fingerprint density at radius 3 is 2.58 bits per heavy atom. The van der Waals surface area contributed by atoms with Gasteiger partial charge in [0.2, 0.25) is 5.95 Å². The van der Waals surface area contributed by atoms with Crippen LogP contribution in [0.15, 0.2) is 6.07 Å². The van der Waals surface area contributed by atoms with Crippen LogP contribution in [0, 0.1) is 6.92 Å². The monoisotopic (exact) mass is 263 g/mol. The van der Waals surface area contributed by atoms with Gasteiger partial charge in [-0.2, -0.15) is 4.98 Å². The highest BCUT2D eigenvalue weighted by molar-refractivity contribution is 5.44. The summed E-state index contributed by atoms with van der Waals surface area (Å²) in [5, 5.41) is 3.43. The molecule has 106 valence electrons. The minimum atomic E-state index is 0.439. The summed E-state index contributed by atoms with van der Waals surface area (Å²) < 4.78 is 0. The molecule has 1 atom stereocenters. The number of piperazine rings is 1. The number of likely N-dealkylation sites (N-methyl/N-ethyl adjacent to an activating group) is 1. The van der Waals surface area contributed by atoms with E-state index in [-0.39, 0.29) is 0 Å². The molecule has 0 aromatic carbocycles. The van der Waals surface area contributed by atoms with Crippen LogP contribution in [0.25, 0.3) is 0 Å². The van der Waals surface area contributed by atoms with E-state index in [1.165, 1.54) is 0 Å². The van der Waals surface area contributed by atoms with Gasteiger partial charge in [0.1, 0.15) is 5.82 Å². The Balaban J connectivity index is 2.12. The molecular weight excluding hydrogens is 238 g/mol. The Hall–Kier alpha value is -1.36. The van der Waals surface area contributed by atoms with E-state index in [0.29, 0.717) is 6.04 Å². The lowest BCUT2D eigenvalue weighted by molar-refractivity contribution is 0.311. The lowest BCUT2D eigenvalue weighted by Gasteiger charge is -2.32. The predicted molar refractivity (Wildman–Crippen MR) is 79.9 cm³/mol. The molecule has 1 unspecified atom stereocenters. The molecule has 1 aromatic rings. The van der Waals surface area contributed by atoms with Crippen LogP contribution in [0.4, 0.5) is 11.8 Å². The van der Waals surface area contributed by atoms with Gasteiger partial charge in [-0.1, -0.05) is 6.92 Å². The molecular formula is C14H25N5. The normalized spacial score (nSPS) is 18.4. The van der Waals surface area contributed by atoms with Crippen molar-refractivity contribution >= 4 is 11.8 Å². The molecule has 1 fully saturated rings. The second kappa shape index (κ2) is 6.19. The standard InChI is InChI=1S/C14H25N5/c1-5-11(2)15-13-10-12(3)16-14(17-13)19-8-6-18(4)7-9-19/h10-11H,5-9H2,1-4H3,(H,15,16,17). The van der Waals surface area contributed by atoms with E-state index in [2.05, 4.69) is 46.0 Å². The fourth-order valence-corrected chi connectivity index (χ4v) is 2.13. The molecule has 0 amide bonds. The Kier molecular flexibility index (Phi) is 4.58. The van der Waals surface area contributed by atoms with Crippen LogP contribution >= 0.6 is 0 Å². The second-order valence-corrected chi connectivity index (χ2v) is 5.44. The first kappa shape index (κ1) is 14.1. The minimum Gasteiger partial charge on any atom is -0.367 e. The van der Waals surface area contributed by atoms with E-state index in [0.717, 1.165) is 50.1 Å². The van der Waals surface area contributed by atoms with Crippen molar-refractivity contribution in [3.05, 3.63) is 11.8 Å². The van der Waals surface area contributed by atoms with Gasteiger partial charge in [0.05, 0.1) is 0 Å². The number of anilines is 2. The summed E-state index contributed by atoms with van der Waals surface area (Å²) in [7, 11) is 2.16. The van der Waals surface area contributed by atoms with Crippen LogP contribution in [0.2, 0.25) is 0 Å². The van der Waals surface area contributed by atoms with Crippen molar-refractivity contribution in [3.63, 3.8) is 0 Å². The molecule has 2 heterocycles. The number of hydrogen-bond donors (Lipinski definition) is 1. The van der Waals surface area contributed by atoms with Gasteiger partial charge in [-0.15, -0.1) is 0 Å². The number of nitrogens with zero attached hydrogens (tertiary/aromatic N) is 4. The zero-order chi connectivity index (χ0) is 13.8. The number of aromatic nitrogens is 2. The second-order valence-electron chi connectivity index (χ2n) is 5.44. The Labute approximate surface area is 116 Å². The van der Waals surface area contributed by atoms with E-state index in [1.54, 1.807) is 0 Å². The molecule has 0 radical (unpaired) electrons. The summed E-state index contributed by atoms with van der Waals surface area (Å²) in [6.45, 7) is 10.5. The van der Waals surface area contributed by atoms with E-state index < -0.39 is 0 Å². The van der Waals surface area contributed by atoms with Crippen molar-refractivity contribution in [2.24, 2.45) is 0 Å². The maximum atomic E-state index is 4.66. The molecule has 0 aliphatic carbocycles. The van der Waals surface area contributed by atoms with Crippen LogP contribution in [0.5, 0.6) is 0 Å². The summed E-state index contributed by atoms with van der Waals surface area (Å²) in [5.74, 6) is 1.80. The first-order valence-electron chi connectivity index (χ1n) is 7.14. The van der Waals surface area contributed by atoms with Crippen molar-refractivity contribution in [1.29, 1.82) is 0 Å². The summed E-state index contributed by atoms with van der Waals surface area (Å²) in [4.78, 5) is 13.8. The van der Waals surface area contributed by atoms with Gasteiger partial charge < -0.3 is 15.1 Å². The third kappa shape index (κ3) is 3.80. The zero-order valence-electron chi connectivity index (χ0n) is 12.5. The zero-order valence-corrected chi connectivity index (χ0v) is 12.5.